The Balaban J connectivity index is 0.000000441. The van der Waals surface area contributed by atoms with Gasteiger partial charge in [-0.2, -0.15) is 5.26 Å². The summed E-state index contributed by atoms with van der Waals surface area (Å²) in [7, 11) is 5.01. The van der Waals surface area contributed by atoms with E-state index >= 15 is 0 Å². The molecule has 0 bridgehead atoms. The Morgan fingerprint density at radius 2 is 0.856 bits per heavy atom. The summed E-state index contributed by atoms with van der Waals surface area (Å²) in [6, 6.07) is 41.2. The number of halogens is 12. The SMILES string of the molecule is CC(C)(C)c1cc(I)cc(I)c1O.CC(C)(C)c1ccccc1O.COc1c(I)cc(-n2ccc(=O)[nH]c2=O)cc1C(C)(C)C.COc1c(I)cc(-n2ccc(=O)[nH]c2=O)cc1C(C)(C)C.COc1c(I)cc(I)cc1C(C)(C)C.I[I-]I.I[I-]I.N#Cc1ccccc1NC(=O)c1ccccn1.O=c1cc[nH]c(=O)[nH]1. The van der Waals surface area contributed by atoms with Gasteiger partial charge in [0.1, 0.15) is 40.5 Å². The zero-order valence-corrected chi connectivity index (χ0v) is 89.7. The quantitative estimate of drug-likeness (QED) is 0.0730. The van der Waals surface area contributed by atoms with Gasteiger partial charge >= 0.3 is 118 Å². The van der Waals surface area contributed by atoms with E-state index in [1.807, 2.05) is 65.7 Å². The summed E-state index contributed by atoms with van der Waals surface area (Å²) in [5.41, 5.74) is 5.27. The van der Waals surface area contributed by atoms with Gasteiger partial charge in [-0.1, -0.05) is 140 Å². The molecular formula is C78H87I12N9O12-2. The van der Waals surface area contributed by atoms with E-state index in [1.54, 1.807) is 76.1 Å². The summed E-state index contributed by atoms with van der Waals surface area (Å²) in [6.45, 7) is 31.7. The third-order valence-corrected chi connectivity index (χ3v) is 19.2. The first-order chi connectivity index (χ1) is 51.6. The van der Waals surface area contributed by atoms with Crippen LogP contribution in [0.5, 0.6) is 28.7 Å². The summed E-state index contributed by atoms with van der Waals surface area (Å²) < 4.78 is 25.6. The number of para-hydroxylation sites is 2. The molecule has 0 atom stereocenters. The van der Waals surface area contributed by atoms with Crippen molar-refractivity contribution in [2.75, 3.05) is 26.6 Å². The number of phenolic OH excluding ortho intramolecular Hbond substituents is 2. The second-order valence-electron chi connectivity index (χ2n) is 28.2. The average molecular weight is 2870 g/mol. The van der Waals surface area contributed by atoms with Gasteiger partial charge in [0, 0.05) is 72.4 Å². The fourth-order valence-electron chi connectivity index (χ4n) is 9.53. The minimum Gasteiger partial charge on any atom is -0.319 e. The van der Waals surface area contributed by atoms with Crippen LogP contribution in [-0.4, -0.2) is 71.5 Å². The number of amides is 1. The number of H-pyrrole nitrogens is 4. The molecule has 10 rings (SSSR count). The normalized spacial score (nSPS) is 10.8. The molecule has 6 aromatic carbocycles. The molecule has 33 heteroatoms. The number of nitrogens with one attached hydrogen (secondary N) is 5. The molecule has 7 N–H and O–H groups in total. The predicted octanol–water partition coefficient (Wildman–Crippen LogP) is 14.5. The molecule has 0 fully saturated rings. The van der Waals surface area contributed by atoms with Crippen LogP contribution in [0.25, 0.3) is 11.4 Å². The van der Waals surface area contributed by atoms with E-state index in [4.69, 9.17) is 19.5 Å². The molecule has 21 nitrogen and oxygen atoms in total. The van der Waals surface area contributed by atoms with Gasteiger partial charge in [0.15, 0.2) is 0 Å². The summed E-state index contributed by atoms with van der Waals surface area (Å²) in [5, 5.41) is 30.8. The first-order valence-corrected chi connectivity index (χ1v) is 64.4. The van der Waals surface area contributed by atoms with Crippen LogP contribution in [0.2, 0.25) is 0 Å². The van der Waals surface area contributed by atoms with Gasteiger partial charge in [0.05, 0.1) is 58.2 Å². The smallest absolute Gasteiger partial charge is 0.319 e. The van der Waals surface area contributed by atoms with Crippen LogP contribution in [0.4, 0.5) is 5.69 Å². The third-order valence-electron chi connectivity index (χ3n) is 14.7. The van der Waals surface area contributed by atoms with Crippen LogP contribution < -0.4 is 79.8 Å². The molecule has 0 aliphatic carbocycles. The zero-order chi connectivity index (χ0) is 84.7. The number of carbonyl (C=O) groups is 1. The second-order valence-corrected chi connectivity index (χ2v) is 67.9. The number of carbonyl (C=O) groups excluding carboxylic acids is 1. The Morgan fingerprint density at radius 3 is 1.22 bits per heavy atom. The monoisotopic (exact) mass is 2860 g/mol. The Labute approximate surface area is 789 Å². The number of ether oxygens (including phenoxy) is 3. The molecule has 0 radical (unpaired) electrons. The van der Waals surface area contributed by atoms with Gasteiger partial charge in [0.25, 0.3) is 22.6 Å². The number of rotatable bonds is 7. The molecule has 111 heavy (non-hydrogen) atoms. The molecular weight excluding hydrogens is 2780 g/mol. The van der Waals surface area contributed by atoms with Gasteiger partial charge < -0.3 is 34.7 Å². The van der Waals surface area contributed by atoms with Crippen molar-refractivity contribution >= 4 is 222 Å². The number of aromatic hydroxyl groups is 2. The van der Waals surface area contributed by atoms with Crippen molar-refractivity contribution in [2.45, 2.75) is 131 Å². The number of pyridine rings is 1. The number of hydrogen-bond acceptors (Lipinski definition) is 14. The van der Waals surface area contributed by atoms with Crippen LogP contribution >= 0.6 is 210 Å². The number of benzene rings is 6. The molecule has 0 aliphatic rings. The maximum Gasteiger partial charge on any atom is 0.325 e. The number of aromatic amines is 4. The van der Waals surface area contributed by atoms with E-state index in [0.717, 1.165) is 50.2 Å². The summed E-state index contributed by atoms with van der Waals surface area (Å²) in [4.78, 5) is 91.2. The Kier molecular flexibility index (Phi) is 47.2. The summed E-state index contributed by atoms with van der Waals surface area (Å²) in [5.74, 6) is 3.12. The van der Waals surface area contributed by atoms with Crippen LogP contribution in [0.15, 0.2) is 187 Å². The minimum atomic E-state index is -0.475. The van der Waals surface area contributed by atoms with Crippen molar-refractivity contribution < 1.29 is 55.7 Å². The van der Waals surface area contributed by atoms with E-state index in [9.17, 15) is 43.8 Å². The van der Waals surface area contributed by atoms with E-state index < -0.39 is 28.2 Å². The number of aromatic nitrogens is 7. The molecule has 0 spiro atoms. The van der Waals surface area contributed by atoms with Gasteiger partial charge in [-0.15, -0.1) is 0 Å². The van der Waals surface area contributed by atoms with E-state index in [0.29, 0.717) is 66.3 Å². The number of nitriles is 1. The number of methoxy groups -OCH3 is 3. The van der Waals surface area contributed by atoms with Gasteiger partial charge in [-0.25, -0.2) is 14.4 Å². The van der Waals surface area contributed by atoms with Crippen LogP contribution in [0.3, 0.4) is 0 Å². The van der Waals surface area contributed by atoms with Crippen molar-refractivity contribution in [2.24, 2.45) is 0 Å². The van der Waals surface area contributed by atoms with Crippen molar-refractivity contribution in [3.8, 4) is 46.2 Å². The van der Waals surface area contributed by atoms with Crippen LogP contribution in [0.1, 0.15) is 148 Å². The zero-order valence-electron chi connectivity index (χ0n) is 63.8. The molecule has 0 aliphatic heterocycles. The molecule has 602 valence electrons. The standard InChI is InChI=1S/2C15H17IN2O3.C13H9N3O.C11H14I2O.C10H12I2O.C10H14O.C4H4N2O2.2I3/c2*1-15(2,3)10-7-9(8-11(16)13(10)21-4)18-6-5-12(19)17-14(18)20;14-9-10-5-1-2-6-11(10)16-13(17)12-7-3-4-8-15-12;1-11(2,3)8-5-7(12)6-9(13)10(8)14-4;1-10(2,3)7-4-6(11)5-8(12)9(7)13;1-10(2,3)8-6-4-5-7-9(8)11;7-3-1-2-5-4(8)6-3;2*1-3-2/h2*5-8H,1-4H3,(H,17,19,20);1-8H,(H,16,17);5-6H,1-4H3;4-5,13H,1-3H3;4-7,11H,1-3H3;1-2H,(H2,5,6,7,8);;/q;;;;;;;2*-1. The summed E-state index contributed by atoms with van der Waals surface area (Å²) >= 11 is 24.1. The van der Waals surface area contributed by atoms with E-state index in [1.165, 1.54) is 62.2 Å². The molecule has 4 aromatic heterocycles. The molecule has 4 heterocycles. The maximum atomic E-state index is 11.9. The number of anilines is 1. The maximum absolute atomic E-state index is 11.9. The molecule has 0 saturated carbocycles. The molecule has 1 amide bonds. The first kappa shape index (κ1) is 104. The van der Waals surface area contributed by atoms with Gasteiger partial charge in [-0.3, -0.25) is 48.2 Å². The van der Waals surface area contributed by atoms with Crippen molar-refractivity contribution in [1.29, 1.82) is 5.26 Å². The fraction of sp³-hybridized carbons (Fsp3) is 0.295. The van der Waals surface area contributed by atoms with Crippen LogP contribution in [0, 0.1) is 32.8 Å². The minimum absolute atomic E-state index is 0.00515. The Morgan fingerprint density at radius 1 is 0.477 bits per heavy atom. The summed E-state index contributed by atoms with van der Waals surface area (Å²) in [6.07, 6.45) is 5.79. The van der Waals surface area contributed by atoms with Gasteiger partial charge in [-0.05, 0) is 247 Å². The Bertz CT molecular complexity index is 4950. The first-order valence-electron chi connectivity index (χ1n) is 32.8. The van der Waals surface area contributed by atoms with Crippen molar-refractivity contribution in [3.63, 3.8) is 0 Å². The largest absolute Gasteiger partial charge is 0.325 e. The average Bonchev–Trinajstić information content (AvgIpc) is 0.799. The molecule has 10 aromatic rings. The van der Waals surface area contributed by atoms with Crippen molar-refractivity contribution in [3.05, 3.63) is 281 Å². The van der Waals surface area contributed by atoms with Gasteiger partial charge in [0.2, 0.25) is 0 Å². The fourth-order valence-corrected chi connectivity index (χ4v) is 15.1. The second kappa shape index (κ2) is 50.2. The predicted molar refractivity (Wildman–Crippen MR) is 525 cm³/mol. The third kappa shape index (κ3) is 36.2. The topological polar surface area (TPSA) is 309 Å². The number of hydrogen-bond donors (Lipinski definition) is 7. The van der Waals surface area contributed by atoms with E-state index in [2.05, 4.69) is 351 Å². The van der Waals surface area contributed by atoms with Crippen LogP contribution in [-0.2, 0) is 27.1 Å². The number of nitrogens with zero attached hydrogens (tertiary/aromatic N) is 4. The Hall–Kier alpha value is -2.77. The molecule has 0 saturated heterocycles. The number of phenols is 2. The molecule has 0 unspecified atom stereocenters. The van der Waals surface area contributed by atoms with Crippen molar-refractivity contribution in [1.82, 2.24) is 34.1 Å². The van der Waals surface area contributed by atoms with E-state index in [-0.39, 0.29) is 38.5 Å².